The van der Waals surface area contributed by atoms with E-state index in [0.29, 0.717) is 4.88 Å². The number of anilines is 2. The minimum atomic E-state index is 0.0158. The van der Waals surface area contributed by atoms with E-state index >= 15 is 0 Å². The molecule has 2 aromatic rings. The SMILES string of the molecule is CCc1nnsc1C(=O)N1c2ccccc2N(C)CC[C@H]1C. The summed E-state index contributed by atoms with van der Waals surface area (Å²) in [5.41, 5.74) is 2.85. The van der Waals surface area contributed by atoms with Gasteiger partial charge in [0.1, 0.15) is 4.88 Å². The van der Waals surface area contributed by atoms with E-state index in [4.69, 9.17) is 0 Å². The van der Waals surface area contributed by atoms with Crippen molar-refractivity contribution in [3.8, 4) is 0 Å². The highest BCUT2D eigenvalue weighted by atomic mass is 32.1. The Morgan fingerprint density at radius 3 is 2.82 bits per heavy atom. The lowest BCUT2D eigenvalue weighted by molar-refractivity contribution is 0.0981. The van der Waals surface area contributed by atoms with Gasteiger partial charge in [0.15, 0.2) is 0 Å². The number of hydrogen-bond acceptors (Lipinski definition) is 5. The van der Waals surface area contributed by atoms with Crippen molar-refractivity contribution in [2.24, 2.45) is 0 Å². The summed E-state index contributed by atoms with van der Waals surface area (Å²) in [6.07, 6.45) is 1.66. The minimum Gasteiger partial charge on any atom is -0.373 e. The summed E-state index contributed by atoms with van der Waals surface area (Å²) in [6.45, 7) is 5.04. The van der Waals surface area contributed by atoms with Crippen molar-refractivity contribution < 1.29 is 4.79 Å². The maximum Gasteiger partial charge on any atom is 0.272 e. The summed E-state index contributed by atoms with van der Waals surface area (Å²) in [5, 5.41) is 4.08. The van der Waals surface area contributed by atoms with Crippen LogP contribution >= 0.6 is 11.5 Å². The van der Waals surface area contributed by atoms with Crippen molar-refractivity contribution in [3.63, 3.8) is 0 Å². The van der Waals surface area contributed by atoms with Crippen molar-refractivity contribution in [1.29, 1.82) is 0 Å². The summed E-state index contributed by atoms with van der Waals surface area (Å²) in [7, 11) is 2.07. The number of aryl methyl sites for hydroxylation is 1. The number of rotatable bonds is 2. The van der Waals surface area contributed by atoms with Crippen molar-refractivity contribution in [2.75, 3.05) is 23.4 Å². The van der Waals surface area contributed by atoms with Crippen LogP contribution in [0.25, 0.3) is 0 Å². The lowest BCUT2D eigenvalue weighted by Crippen LogP contribution is -2.38. The molecule has 0 fully saturated rings. The van der Waals surface area contributed by atoms with E-state index in [1.165, 1.54) is 11.5 Å². The number of carbonyl (C=O) groups excluding carboxylic acids is 1. The van der Waals surface area contributed by atoms with Crippen LogP contribution in [-0.2, 0) is 6.42 Å². The van der Waals surface area contributed by atoms with Gasteiger partial charge in [-0.05, 0) is 43.4 Å². The molecule has 2 heterocycles. The summed E-state index contributed by atoms with van der Waals surface area (Å²) in [5.74, 6) is 0.0158. The van der Waals surface area contributed by atoms with Crippen LogP contribution in [0.2, 0.25) is 0 Å². The predicted octanol–water partition coefficient (Wildman–Crippen LogP) is 2.98. The molecule has 0 saturated heterocycles. The second-order valence-corrected chi connectivity index (χ2v) is 6.38. The van der Waals surface area contributed by atoms with E-state index in [9.17, 15) is 4.79 Å². The Morgan fingerprint density at radius 1 is 1.36 bits per heavy atom. The van der Waals surface area contributed by atoms with E-state index in [2.05, 4.69) is 34.5 Å². The van der Waals surface area contributed by atoms with Crippen molar-refractivity contribution in [2.45, 2.75) is 32.7 Å². The Labute approximate surface area is 134 Å². The molecule has 1 aromatic carbocycles. The first-order valence-corrected chi connectivity index (χ1v) is 8.35. The Balaban J connectivity index is 2.08. The van der Waals surface area contributed by atoms with Gasteiger partial charge < -0.3 is 9.80 Å². The van der Waals surface area contributed by atoms with Gasteiger partial charge in [-0.15, -0.1) is 5.10 Å². The molecule has 0 aliphatic carbocycles. The molecule has 1 atom stereocenters. The quantitative estimate of drug-likeness (QED) is 0.854. The van der Waals surface area contributed by atoms with Gasteiger partial charge in [-0.3, -0.25) is 4.79 Å². The van der Waals surface area contributed by atoms with Crippen LogP contribution in [0.15, 0.2) is 24.3 Å². The fraction of sp³-hybridized carbons (Fsp3) is 0.438. The van der Waals surface area contributed by atoms with Crippen LogP contribution in [0.1, 0.15) is 35.6 Å². The standard InChI is InChI=1S/C16H20N4OS/c1-4-12-15(22-18-17-12)16(21)20-11(2)9-10-19(3)13-7-5-6-8-14(13)20/h5-8,11H,4,9-10H2,1-3H3/t11-/m1/s1. The highest BCUT2D eigenvalue weighted by Crippen LogP contribution is 2.35. The average Bonchev–Trinajstić information content (AvgIpc) is 2.97. The molecule has 22 heavy (non-hydrogen) atoms. The van der Waals surface area contributed by atoms with Gasteiger partial charge in [0.05, 0.1) is 17.1 Å². The lowest BCUT2D eigenvalue weighted by Gasteiger charge is -2.28. The summed E-state index contributed by atoms with van der Waals surface area (Å²) in [4.78, 5) is 17.9. The van der Waals surface area contributed by atoms with Crippen LogP contribution in [0, 0.1) is 0 Å². The van der Waals surface area contributed by atoms with E-state index in [0.717, 1.165) is 36.5 Å². The molecule has 0 unspecified atom stereocenters. The molecule has 0 spiro atoms. The highest BCUT2D eigenvalue weighted by Gasteiger charge is 2.31. The molecule has 1 amide bonds. The van der Waals surface area contributed by atoms with Crippen LogP contribution in [0.5, 0.6) is 0 Å². The number of carbonyl (C=O) groups is 1. The summed E-state index contributed by atoms with van der Waals surface area (Å²) >= 11 is 1.19. The first-order chi connectivity index (χ1) is 10.6. The zero-order chi connectivity index (χ0) is 15.7. The Kier molecular flexibility index (Phi) is 4.11. The van der Waals surface area contributed by atoms with E-state index in [1.54, 1.807) is 0 Å². The van der Waals surface area contributed by atoms with Gasteiger partial charge in [0.25, 0.3) is 5.91 Å². The van der Waals surface area contributed by atoms with Gasteiger partial charge in [0.2, 0.25) is 0 Å². The molecule has 1 aliphatic heterocycles. The number of aromatic nitrogens is 2. The largest absolute Gasteiger partial charge is 0.373 e. The fourth-order valence-corrected chi connectivity index (χ4v) is 3.57. The van der Waals surface area contributed by atoms with E-state index in [1.807, 2.05) is 30.0 Å². The molecule has 5 nitrogen and oxygen atoms in total. The van der Waals surface area contributed by atoms with E-state index < -0.39 is 0 Å². The number of nitrogens with zero attached hydrogens (tertiary/aromatic N) is 4. The maximum atomic E-state index is 13.1. The Morgan fingerprint density at radius 2 is 2.09 bits per heavy atom. The van der Waals surface area contributed by atoms with Gasteiger partial charge in [0, 0.05) is 19.6 Å². The van der Waals surface area contributed by atoms with Crippen molar-refractivity contribution in [3.05, 3.63) is 34.8 Å². The van der Waals surface area contributed by atoms with Crippen molar-refractivity contribution >= 4 is 28.8 Å². The zero-order valence-corrected chi connectivity index (χ0v) is 13.9. The van der Waals surface area contributed by atoms with Crippen molar-refractivity contribution in [1.82, 2.24) is 9.59 Å². The summed E-state index contributed by atoms with van der Waals surface area (Å²) < 4.78 is 3.96. The summed E-state index contributed by atoms with van der Waals surface area (Å²) in [6, 6.07) is 8.23. The average molecular weight is 316 g/mol. The van der Waals surface area contributed by atoms with Gasteiger partial charge in [-0.1, -0.05) is 23.5 Å². The molecule has 116 valence electrons. The molecule has 1 aromatic heterocycles. The third kappa shape index (κ3) is 2.47. The monoisotopic (exact) mass is 316 g/mol. The van der Waals surface area contributed by atoms with Gasteiger partial charge >= 0.3 is 0 Å². The van der Waals surface area contributed by atoms with Crippen LogP contribution in [0.4, 0.5) is 11.4 Å². The smallest absolute Gasteiger partial charge is 0.272 e. The number of para-hydroxylation sites is 2. The van der Waals surface area contributed by atoms with Gasteiger partial charge in [-0.2, -0.15) is 0 Å². The van der Waals surface area contributed by atoms with E-state index in [-0.39, 0.29) is 11.9 Å². The zero-order valence-electron chi connectivity index (χ0n) is 13.1. The van der Waals surface area contributed by atoms with Crippen LogP contribution in [0.3, 0.4) is 0 Å². The predicted molar refractivity (Wildman–Crippen MR) is 89.9 cm³/mol. The normalized spacial score (nSPS) is 18.0. The lowest BCUT2D eigenvalue weighted by atomic mass is 10.1. The fourth-order valence-electron chi connectivity index (χ4n) is 2.88. The first-order valence-electron chi connectivity index (χ1n) is 7.58. The number of benzene rings is 1. The molecular formula is C16H20N4OS. The number of fused-ring (bicyclic) bond motifs is 1. The first kappa shape index (κ1) is 15.0. The molecule has 0 N–H and O–H groups in total. The molecule has 0 bridgehead atoms. The van der Waals surface area contributed by atoms with Crippen LogP contribution in [-0.4, -0.2) is 35.1 Å². The minimum absolute atomic E-state index is 0.0158. The second-order valence-electron chi connectivity index (χ2n) is 5.63. The highest BCUT2D eigenvalue weighted by molar-refractivity contribution is 7.08. The molecule has 0 saturated carbocycles. The topological polar surface area (TPSA) is 49.3 Å². The Hall–Kier alpha value is -1.95. The molecule has 0 radical (unpaired) electrons. The second kappa shape index (κ2) is 6.04. The van der Waals surface area contributed by atoms with Crippen LogP contribution < -0.4 is 9.80 Å². The molecule has 3 rings (SSSR count). The molecular weight excluding hydrogens is 296 g/mol. The molecule has 1 aliphatic rings. The number of hydrogen-bond donors (Lipinski definition) is 0. The number of amides is 1. The third-order valence-corrected chi connectivity index (χ3v) is 4.94. The van der Waals surface area contributed by atoms with Gasteiger partial charge in [-0.25, -0.2) is 0 Å². The maximum absolute atomic E-state index is 13.1. The third-order valence-electron chi connectivity index (χ3n) is 4.18. The molecule has 6 heteroatoms. The Bertz CT molecular complexity index is 684.